The monoisotopic (exact) mass is 234 g/mol. The minimum Gasteiger partial charge on any atom is -0.329 e. The van der Waals surface area contributed by atoms with E-state index in [1.54, 1.807) is 0 Å². The molecule has 1 rings (SSSR count). The molecule has 0 saturated heterocycles. The highest BCUT2D eigenvalue weighted by Crippen LogP contribution is 2.24. The standard InChI is InChI=1S/C14H22N2O/c1-5-14(4,9-15)13(17)16-12-8-6-7-10(2)11(12)3/h6-8H,5,9,15H2,1-4H3,(H,16,17). The maximum absolute atomic E-state index is 12.2. The number of rotatable bonds is 4. The summed E-state index contributed by atoms with van der Waals surface area (Å²) in [5, 5.41) is 2.97. The summed E-state index contributed by atoms with van der Waals surface area (Å²) in [7, 11) is 0. The van der Waals surface area contributed by atoms with Gasteiger partial charge in [-0.05, 0) is 44.4 Å². The number of hydrogen-bond acceptors (Lipinski definition) is 2. The van der Waals surface area contributed by atoms with Crippen molar-refractivity contribution in [3.05, 3.63) is 29.3 Å². The smallest absolute Gasteiger partial charge is 0.231 e. The average Bonchev–Trinajstić information content (AvgIpc) is 2.33. The van der Waals surface area contributed by atoms with Crippen LogP contribution in [0.4, 0.5) is 5.69 Å². The van der Waals surface area contributed by atoms with Crippen molar-refractivity contribution in [3.8, 4) is 0 Å². The van der Waals surface area contributed by atoms with Crippen molar-refractivity contribution >= 4 is 11.6 Å². The number of aryl methyl sites for hydroxylation is 1. The molecular weight excluding hydrogens is 212 g/mol. The highest BCUT2D eigenvalue weighted by Gasteiger charge is 2.29. The second-order valence-electron chi connectivity index (χ2n) is 4.82. The number of nitrogens with one attached hydrogen (secondary N) is 1. The summed E-state index contributed by atoms with van der Waals surface area (Å²) in [6.45, 7) is 8.28. The van der Waals surface area contributed by atoms with Gasteiger partial charge < -0.3 is 11.1 Å². The van der Waals surface area contributed by atoms with Gasteiger partial charge in [0.2, 0.25) is 5.91 Å². The molecule has 0 fully saturated rings. The Morgan fingerprint density at radius 2 is 2.06 bits per heavy atom. The third-order valence-electron chi connectivity index (χ3n) is 3.63. The van der Waals surface area contributed by atoms with Crippen LogP contribution >= 0.6 is 0 Å². The molecule has 0 radical (unpaired) electrons. The molecule has 1 aromatic carbocycles. The Hall–Kier alpha value is -1.35. The van der Waals surface area contributed by atoms with Crippen LogP contribution in [-0.2, 0) is 4.79 Å². The van der Waals surface area contributed by atoms with Crippen molar-refractivity contribution in [3.63, 3.8) is 0 Å². The van der Waals surface area contributed by atoms with Crippen LogP contribution in [0.3, 0.4) is 0 Å². The van der Waals surface area contributed by atoms with Gasteiger partial charge in [-0.2, -0.15) is 0 Å². The lowest BCUT2D eigenvalue weighted by Crippen LogP contribution is -2.39. The number of carbonyl (C=O) groups is 1. The normalized spacial score (nSPS) is 14.2. The third-order valence-corrected chi connectivity index (χ3v) is 3.63. The van der Waals surface area contributed by atoms with Gasteiger partial charge in [-0.3, -0.25) is 4.79 Å². The van der Waals surface area contributed by atoms with E-state index in [4.69, 9.17) is 5.73 Å². The molecule has 0 aliphatic carbocycles. The van der Waals surface area contributed by atoms with Gasteiger partial charge >= 0.3 is 0 Å². The first-order valence-electron chi connectivity index (χ1n) is 6.02. The van der Waals surface area contributed by atoms with E-state index in [1.807, 2.05) is 45.9 Å². The second-order valence-corrected chi connectivity index (χ2v) is 4.82. The van der Waals surface area contributed by atoms with Crippen molar-refractivity contribution in [1.29, 1.82) is 0 Å². The number of hydrogen-bond donors (Lipinski definition) is 2. The van der Waals surface area contributed by atoms with E-state index in [0.29, 0.717) is 6.54 Å². The largest absolute Gasteiger partial charge is 0.329 e. The maximum atomic E-state index is 12.2. The zero-order chi connectivity index (χ0) is 13.1. The summed E-state index contributed by atoms with van der Waals surface area (Å²) in [5.74, 6) is -0.00352. The molecule has 0 aliphatic heterocycles. The average molecular weight is 234 g/mol. The van der Waals surface area contributed by atoms with Crippen LogP contribution in [0, 0.1) is 19.3 Å². The number of anilines is 1. The third kappa shape index (κ3) is 2.86. The van der Waals surface area contributed by atoms with Gasteiger partial charge in [0.05, 0.1) is 5.41 Å². The molecule has 1 unspecified atom stereocenters. The number of nitrogens with two attached hydrogens (primary N) is 1. The Morgan fingerprint density at radius 3 is 2.59 bits per heavy atom. The van der Waals surface area contributed by atoms with E-state index in [1.165, 1.54) is 5.56 Å². The molecule has 0 saturated carbocycles. The molecule has 0 heterocycles. The minimum atomic E-state index is -0.490. The molecule has 0 aliphatic rings. The molecule has 0 spiro atoms. The number of amides is 1. The Labute approximate surface area is 103 Å². The fourth-order valence-corrected chi connectivity index (χ4v) is 1.56. The van der Waals surface area contributed by atoms with Gasteiger partial charge in [0.1, 0.15) is 0 Å². The predicted octanol–water partition coefficient (Wildman–Crippen LogP) is 2.62. The lowest BCUT2D eigenvalue weighted by atomic mass is 9.86. The number of carbonyl (C=O) groups excluding carboxylic acids is 1. The summed E-state index contributed by atoms with van der Waals surface area (Å²) >= 11 is 0. The van der Waals surface area contributed by atoms with Crippen LogP contribution in [-0.4, -0.2) is 12.5 Å². The molecular formula is C14H22N2O. The molecule has 3 heteroatoms. The van der Waals surface area contributed by atoms with Crippen LogP contribution in [0.15, 0.2) is 18.2 Å². The van der Waals surface area contributed by atoms with Gasteiger partial charge in [0.25, 0.3) is 0 Å². The molecule has 3 nitrogen and oxygen atoms in total. The maximum Gasteiger partial charge on any atom is 0.231 e. The molecule has 1 aromatic rings. The van der Waals surface area contributed by atoms with Gasteiger partial charge in [0, 0.05) is 12.2 Å². The Kier molecular flexibility index (Phi) is 4.29. The topological polar surface area (TPSA) is 55.1 Å². The molecule has 1 atom stereocenters. The van der Waals surface area contributed by atoms with Crippen molar-refractivity contribution in [2.24, 2.45) is 11.1 Å². The van der Waals surface area contributed by atoms with Crippen molar-refractivity contribution < 1.29 is 4.79 Å². The zero-order valence-corrected chi connectivity index (χ0v) is 11.1. The van der Waals surface area contributed by atoms with Crippen LogP contribution in [0.1, 0.15) is 31.4 Å². The van der Waals surface area contributed by atoms with Crippen molar-refractivity contribution in [2.75, 3.05) is 11.9 Å². The second kappa shape index (κ2) is 5.32. The minimum absolute atomic E-state index is 0.00352. The first-order chi connectivity index (χ1) is 7.94. The fourth-order valence-electron chi connectivity index (χ4n) is 1.56. The summed E-state index contributed by atoms with van der Waals surface area (Å²) in [6, 6.07) is 5.91. The van der Waals surface area contributed by atoms with E-state index in [9.17, 15) is 4.79 Å². The predicted molar refractivity (Wildman–Crippen MR) is 72.0 cm³/mol. The SMILES string of the molecule is CCC(C)(CN)C(=O)Nc1cccc(C)c1C. The van der Waals surface area contributed by atoms with Crippen LogP contribution in [0.5, 0.6) is 0 Å². The highest BCUT2D eigenvalue weighted by atomic mass is 16.2. The van der Waals surface area contributed by atoms with Crippen LogP contribution < -0.4 is 11.1 Å². The van der Waals surface area contributed by atoms with E-state index in [0.717, 1.165) is 17.7 Å². The van der Waals surface area contributed by atoms with Crippen molar-refractivity contribution in [1.82, 2.24) is 0 Å². The summed E-state index contributed by atoms with van der Waals surface area (Å²) in [4.78, 5) is 12.2. The lowest BCUT2D eigenvalue weighted by Gasteiger charge is -2.25. The van der Waals surface area contributed by atoms with Crippen LogP contribution in [0.2, 0.25) is 0 Å². The quantitative estimate of drug-likeness (QED) is 0.841. The molecule has 94 valence electrons. The molecule has 0 aromatic heterocycles. The van der Waals surface area contributed by atoms with Crippen molar-refractivity contribution in [2.45, 2.75) is 34.1 Å². The van der Waals surface area contributed by atoms with Gasteiger partial charge in [-0.15, -0.1) is 0 Å². The van der Waals surface area contributed by atoms with E-state index in [-0.39, 0.29) is 5.91 Å². The van der Waals surface area contributed by atoms with Crippen LogP contribution in [0.25, 0.3) is 0 Å². The Morgan fingerprint density at radius 1 is 1.41 bits per heavy atom. The van der Waals surface area contributed by atoms with Gasteiger partial charge in [-0.25, -0.2) is 0 Å². The van der Waals surface area contributed by atoms with Gasteiger partial charge in [0.15, 0.2) is 0 Å². The fraction of sp³-hybridized carbons (Fsp3) is 0.500. The Balaban J connectivity index is 2.92. The Bertz CT molecular complexity index is 409. The highest BCUT2D eigenvalue weighted by molar-refractivity contribution is 5.95. The summed E-state index contributed by atoms with van der Waals surface area (Å²) in [5.41, 5.74) is 8.35. The molecule has 0 bridgehead atoms. The molecule has 17 heavy (non-hydrogen) atoms. The molecule has 3 N–H and O–H groups in total. The summed E-state index contributed by atoms with van der Waals surface area (Å²) in [6.07, 6.45) is 0.736. The summed E-state index contributed by atoms with van der Waals surface area (Å²) < 4.78 is 0. The number of benzene rings is 1. The first-order valence-corrected chi connectivity index (χ1v) is 6.02. The lowest BCUT2D eigenvalue weighted by molar-refractivity contribution is -0.124. The van der Waals surface area contributed by atoms with E-state index >= 15 is 0 Å². The molecule has 1 amide bonds. The van der Waals surface area contributed by atoms with E-state index in [2.05, 4.69) is 5.32 Å². The zero-order valence-electron chi connectivity index (χ0n) is 11.1. The van der Waals surface area contributed by atoms with Gasteiger partial charge in [-0.1, -0.05) is 19.1 Å². The first kappa shape index (κ1) is 13.7. The van der Waals surface area contributed by atoms with E-state index < -0.39 is 5.41 Å².